The summed E-state index contributed by atoms with van der Waals surface area (Å²) in [5.41, 5.74) is 0.404. The largest absolute Gasteiger partial charge is 0.478 e. The van der Waals surface area contributed by atoms with Gasteiger partial charge in [0.2, 0.25) is 0 Å². The number of aromatic nitrogens is 2. The summed E-state index contributed by atoms with van der Waals surface area (Å²) in [6, 6.07) is 6.21. The average Bonchev–Trinajstić information content (AvgIpc) is 2.88. The van der Waals surface area contributed by atoms with E-state index in [-0.39, 0.29) is 11.4 Å². The van der Waals surface area contributed by atoms with E-state index in [0.29, 0.717) is 10.6 Å². The van der Waals surface area contributed by atoms with Crippen molar-refractivity contribution in [1.29, 1.82) is 0 Å². The second-order valence-electron chi connectivity index (χ2n) is 3.76. The fourth-order valence-corrected chi connectivity index (χ4v) is 2.57. The minimum atomic E-state index is -1.09. The van der Waals surface area contributed by atoms with Crippen LogP contribution in [0.4, 0.5) is 5.82 Å². The van der Waals surface area contributed by atoms with Gasteiger partial charge >= 0.3 is 11.8 Å². The van der Waals surface area contributed by atoms with Crippen molar-refractivity contribution in [1.82, 2.24) is 9.78 Å². The summed E-state index contributed by atoms with van der Waals surface area (Å²) in [7, 11) is 0. The molecule has 0 saturated heterocycles. The van der Waals surface area contributed by atoms with E-state index < -0.39 is 10.9 Å². The molecule has 20 heavy (non-hydrogen) atoms. The second kappa shape index (κ2) is 5.74. The molecule has 0 aliphatic rings. The Bertz CT molecular complexity index is 668. The van der Waals surface area contributed by atoms with Gasteiger partial charge in [0, 0.05) is 4.90 Å². The highest BCUT2D eigenvalue weighted by Gasteiger charge is 2.20. The molecule has 0 atom stereocenters. The first-order valence-corrected chi connectivity index (χ1v) is 6.72. The lowest BCUT2D eigenvalue weighted by Crippen LogP contribution is -2.08. The Hall–Kier alpha value is -2.35. The van der Waals surface area contributed by atoms with Gasteiger partial charge in [-0.05, 0) is 22.8 Å². The first-order chi connectivity index (χ1) is 9.54. The normalized spacial score (nSPS) is 10.4. The van der Waals surface area contributed by atoms with Crippen LogP contribution in [0.15, 0.2) is 35.4 Å². The Balaban J connectivity index is 2.57. The molecule has 1 aromatic heterocycles. The number of hydrogen-bond acceptors (Lipinski definition) is 5. The van der Waals surface area contributed by atoms with Crippen molar-refractivity contribution in [2.75, 3.05) is 5.75 Å². The van der Waals surface area contributed by atoms with Gasteiger partial charge in [-0.25, -0.2) is 4.79 Å². The summed E-state index contributed by atoms with van der Waals surface area (Å²) in [6.45, 7) is 1.92. The Labute approximate surface area is 118 Å². The van der Waals surface area contributed by atoms with Gasteiger partial charge < -0.3 is 15.2 Å². The monoisotopic (exact) mass is 293 g/mol. The summed E-state index contributed by atoms with van der Waals surface area (Å²) in [6.07, 6.45) is 1.38. The number of aromatic carboxylic acids is 1. The third-order valence-corrected chi connectivity index (χ3v) is 3.47. The van der Waals surface area contributed by atoms with Gasteiger partial charge in [-0.2, -0.15) is 0 Å². The minimum absolute atomic E-state index is 0.0948. The smallest absolute Gasteiger partial charge is 0.390 e. The molecule has 0 aliphatic heterocycles. The van der Waals surface area contributed by atoms with Crippen molar-refractivity contribution in [3.8, 4) is 5.69 Å². The molecule has 0 amide bonds. The van der Waals surface area contributed by atoms with Crippen LogP contribution in [0.2, 0.25) is 0 Å². The molecule has 7 nitrogen and oxygen atoms in total. The van der Waals surface area contributed by atoms with Crippen LogP contribution in [0.5, 0.6) is 0 Å². The van der Waals surface area contributed by atoms with Gasteiger partial charge in [-0.1, -0.05) is 13.0 Å². The molecule has 0 unspecified atom stereocenters. The van der Waals surface area contributed by atoms with Crippen LogP contribution in [0, 0.1) is 10.1 Å². The summed E-state index contributed by atoms with van der Waals surface area (Å²) < 4.78 is 1.21. The van der Waals surface area contributed by atoms with Crippen LogP contribution in [0.25, 0.3) is 5.69 Å². The number of carboxylic acid groups (broad SMARTS) is 1. The van der Waals surface area contributed by atoms with Crippen molar-refractivity contribution >= 4 is 23.5 Å². The van der Waals surface area contributed by atoms with Crippen molar-refractivity contribution < 1.29 is 14.8 Å². The number of carbonyl (C=O) groups is 1. The van der Waals surface area contributed by atoms with Crippen LogP contribution in [-0.2, 0) is 0 Å². The molecule has 2 rings (SSSR count). The maximum atomic E-state index is 11.4. The highest BCUT2D eigenvalue weighted by atomic mass is 32.2. The summed E-state index contributed by atoms with van der Waals surface area (Å²) >= 11 is 1.40. The third kappa shape index (κ3) is 2.64. The van der Waals surface area contributed by atoms with Gasteiger partial charge in [-0.3, -0.25) is 0 Å². The van der Waals surface area contributed by atoms with E-state index in [0.717, 1.165) is 5.75 Å². The van der Waals surface area contributed by atoms with Crippen LogP contribution >= 0.6 is 11.8 Å². The third-order valence-electron chi connectivity index (χ3n) is 2.53. The molecule has 104 valence electrons. The predicted molar refractivity (Wildman–Crippen MR) is 73.6 cm³/mol. The molecule has 2 aromatic rings. The minimum Gasteiger partial charge on any atom is -0.478 e. The zero-order valence-electron chi connectivity index (χ0n) is 10.5. The fourth-order valence-electron chi connectivity index (χ4n) is 1.75. The van der Waals surface area contributed by atoms with E-state index >= 15 is 0 Å². The molecule has 1 N–H and O–H groups in total. The van der Waals surface area contributed by atoms with E-state index in [1.54, 1.807) is 18.2 Å². The number of nitro groups is 1. The van der Waals surface area contributed by atoms with Crippen molar-refractivity contribution in [2.24, 2.45) is 0 Å². The lowest BCUT2D eigenvalue weighted by atomic mass is 10.2. The zero-order chi connectivity index (χ0) is 14.7. The molecule has 0 radical (unpaired) electrons. The maximum Gasteiger partial charge on any atom is 0.390 e. The molecular formula is C12H11N3O4S. The van der Waals surface area contributed by atoms with Gasteiger partial charge in [0.25, 0.3) is 0 Å². The Morgan fingerprint density at radius 3 is 2.80 bits per heavy atom. The van der Waals surface area contributed by atoms with E-state index in [1.807, 2.05) is 6.92 Å². The van der Waals surface area contributed by atoms with Crippen LogP contribution in [-0.4, -0.2) is 31.5 Å². The molecule has 1 aromatic carbocycles. The van der Waals surface area contributed by atoms with Gasteiger partial charge in [0.15, 0.2) is 0 Å². The Morgan fingerprint density at radius 1 is 1.50 bits per heavy atom. The Morgan fingerprint density at radius 2 is 2.25 bits per heavy atom. The molecule has 1 heterocycles. The van der Waals surface area contributed by atoms with Crippen molar-refractivity contribution in [3.05, 3.63) is 46.1 Å². The van der Waals surface area contributed by atoms with Crippen LogP contribution in [0.1, 0.15) is 17.3 Å². The zero-order valence-corrected chi connectivity index (χ0v) is 11.3. The highest BCUT2D eigenvalue weighted by Crippen LogP contribution is 2.28. The van der Waals surface area contributed by atoms with Gasteiger partial charge in [0.1, 0.15) is 11.3 Å². The number of hydrogen-bond donors (Lipinski definition) is 1. The quantitative estimate of drug-likeness (QED) is 0.517. The van der Waals surface area contributed by atoms with E-state index in [9.17, 15) is 20.0 Å². The molecule has 0 spiro atoms. The van der Waals surface area contributed by atoms with E-state index in [2.05, 4.69) is 5.10 Å². The van der Waals surface area contributed by atoms with Gasteiger partial charge in [-0.15, -0.1) is 16.4 Å². The summed E-state index contributed by atoms with van der Waals surface area (Å²) in [5, 5.41) is 23.8. The number of rotatable bonds is 5. The lowest BCUT2D eigenvalue weighted by Gasteiger charge is -2.08. The summed E-state index contributed by atoms with van der Waals surface area (Å²) in [5.74, 6) is -0.687. The van der Waals surface area contributed by atoms with Crippen molar-refractivity contribution in [3.63, 3.8) is 0 Å². The molecular weight excluding hydrogens is 282 g/mol. The average molecular weight is 293 g/mol. The maximum absolute atomic E-state index is 11.4. The van der Waals surface area contributed by atoms with E-state index in [4.69, 9.17) is 0 Å². The molecule has 8 heteroatoms. The van der Waals surface area contributed by atoms with Crippen LogP contribution < -0.4 is 0 Å². The highest BCUT2D eigenvalue weighted by molar-refractivity contribution is 7.99. The van der Waals surface area contributed by atoms with Gasteiger partial charge in [0.05, 0.1) is 17.4 Å². The summed E-state index contributed by atoms with van der Waals surface area (Å²) in [4.78, 5) is 22.1. The SMILES string of the molecule is CCSc1cccc(-n2ccc([N+](=O)[O-])n2)c1C(=O)O. The number of nitrogens with zero attached hydrogens (tertiary/aromatic N) is 3. The lowest BCUT2D eigenvalue weighted by molar-refractivity contribution is -0.389. The first kappa shape index (κ1) is 14.1. The molecule has 0 bridgehead atoms. The van der Waals surface area contributed by atoms with Crippen LogP contribution in [0.3, 0.4) is 0 Å². The standard InChI is InChI=1S/C12H11N3O4S/c1-2-20-9-5-3-4-8(11(9)12(16)17)14-7-6-10(13-14)15(18)19/h3-7H,2H2,1H3,(H,16,17). The van der Waals surface area contributed by atoms with E-state index in [1.165, 1.54) is 28.7 Å². The first-order valence-electron chi connectivity index (χ1n) is 5.74. The second-order valence-corrected chi connectivity index (χ2v) is 5.07. The number of carboxylic acids is 1. The predicted octanol–water partition coefficient (Wildman–Crippen LogP) is 2.59. The number of benzene rings is 1. The topological polar surface area (TPSA) is 98.3 Å². The number of thioether (sulfide) groups is 1. The van der Waals surface area contributed by atoms with Crippen molar-refractivity contribution in [2.45, 2.75) is 11.8 Å². The Kier molecular flexibility index (Phi) is 4.04. The molecule has 0 fully saturated rings. The fraction of sp³-hybridized carbons (Fsp3) is 0.167. The molecule has 0 saturated carbocycles. The molecule has 0 aliphatic carbocycles.